The van der Waals surface area contributed by atoms with Crippen LogP contribution in [0.25, 0.3) is 0 Å². The summed E-state index contributed by atoms with van der Waals surface area (Å²) in [4.78, 5) is 10.3. The van der Waals surface area contributed by atoms with Crippen LogP contribution >= 0.6 is 11.6 Å². The third-order valence-corrected chi connectivity index (χ3v) is 4.42. The molecule has 2 aromatic rings. The van der Waals surface area contributed by atoms with Gasteiger partial charge in [0.15, 0.2) is 11.6 Å². The molecule has 0 atom stereocenters. The monoisotopic (exact) mass is 346 g/mol. The Bertz CT molecular complexity index is 856. The van der Waals surface area contributed by atoms with Crippen molar-refractivity contribution in [2.45, 2.75) is 4.90 Å². The fraction of sp³-hybridized carbons (Fsp3) is 0. The number of hydrogen-bond donors (Lipinski definition) is 2. The first-order valence-corrected chi connectivity index (χ1v) is 7.64. The lowest BCUT2D eigenvalue weighted by atomic mass is 10.2. The number of benzene rings is 2. The Morgan fingerprint density at radius 1 is 1.18 bits per heavy atom. The number of nitrogens with one attached hydrogen (secondary N) is 1. The molecular weight excluding hydrogens is 338 g/mol. The minimum Gasteiger partial charge on any atom is -0.366 e. The molecule has 116 valence electrons. The quantitative estimate of drug-likeness (QED) is 0.891. The average Bonchev–Trinajstić information content (AvgIpc) is 2.43. The highest BCUT2D eigenvalue weighted by Gasteiger charge is 2.22. The Hall–Kier alpha value is -2.19. The summed E-state index contributed by atoms with van der Waals surface area (Å²) in [6.45, 7) is 0. The van der Waals surface area contributed by atoms with Crippen molar-refractivity contribution in [1.29, 1.82) is 0 Å². The fourth-order valence-corrected chi connectivity index (χ4v) is 3.03. The Balaban J connectivity index is 2.43. The van der Waals surface area contributed by atoms with E-state index >= 15 is 0 Å². The van der Waals surface area contributed by atoms with Crippen molar-refractivity contribution < 1.29 is 22.0 Å². The lowest BCUT2D eigenvalue weighted by Crippen LogP contribution is -2.17. The summed E-state index contributed by atoms with van der Waals surface area (Å²) in [5.74, 6) is -3.65. The number of amides is 1. The van der Waals surface area contributed by atoms with Gasteiger partial charge in [0, 0.05) is 5.69 Å². The highest BCUT2D eigenvalue weighted by Crippen LogP contribution is 2.24. The van der Waals surface area contributed by atoms with Crippen LogP contribution in [-0.4, -0.2) is 14.3 Å². The predicted octanol–water partition coefficient (Wildman–Crippen LogP) is 2.52. The van der Waals surface area contributed by atoms with Crippen LogP contribution in [0.15, 0.2) is 41.3 Å². The minimum atomic E-state index is -4.38. The highest BCUT2D eigenvalue weighted by molar-refractivity contribution is 7.92. The van der Waals surface area contributed by atoms with Gasteiger partial charge in [-0.25, -0.2) is 17.2 Å². The molecule has 0 bridgehead atoms. The highest BCUT2D eigenvalue weighted by atomic mass is 35.5. The average molecular weight is 347 g/mol. The van der Waals surface area contributed by atoms with Crippen LogP contribution in [0.5, 0.6) is 0 Å². The zero-order valence-electron chi connectivity index (χ0n) is 10.8. The molecule has 1 amide bonds. The van der Waals surface area contributed by atoms with Gasteiger partial charge < -0.3 is 5.73 Å². The van der Waals surface area contributed by atoms with Gasteiger partial charge in [0.1, 0.15) is 4.90 Å². The van der Waals surface area contributed by atoms with E-state index in [1.54, 1.807) is 0 Å². The van der Waals surface area contributed by atoms with E-state index < -0.39 is 32.5 Å². The van der Waals surface area contributed by atoms with Gasteiger partial charge in [-0.3, -0.25) is 9.52 Å². The zero-order valence-corrected chi connectivity index (χ0v) is 12.4. The first-order chi connectivity index (χ1) is 10.2. The summed E-state index contributed by atoms with van der Waals surface area (Å²) in [7, 11) is -4.38. The van der Waals surface area contributed by atoms with Crippen LogP contribution in [0.2, 0.25) is 5.02 Å². The van der Waals surface area contributed by atoms with Crippen LogP contribution in [-0.2, 0) is 10.0 Å². The summed E-state index contributed by atoms with van der Waals surface area (Å²) < 4.78 is 52.9. The van der Waals surface area contributed by atoms with Gasteiger partial charge in [0.05, 0.1) is 10.6 Å². The summed E-state index contributed by atoms with van der Waals surface area (Å²) in [6, 6.07) is 6.36. The smallest absolute Gasteiger partial charge is 0.264 e. The Kier molecular flexibility index (Phi) is 4.34. The molecule has 0 unspecified atom stereocenters. The summed E-state index contributed by atoms with van der Waals surface area (Å²) in [5, 5.41) is 0.0346. The second-order valence-electron chi connectivity index (χ2n) is 4.22. The maximum absolute atomic E-state index is 13.6. The molecule has 0 radical (unpaired) electrons. The van der Waals surface area contributed by atoms with E-state index in [1.165, 1.54) is 12.1 Å². The van der Waals surface area contributed by atoms with Crippen molar-refractivity contribution in [3.05, 3.63) is 58.6 Å². The fourth-order valence-electron chi connectivity index (χ4n) is 1.68. The van der Waals surface area contributed by atoms with E-state index in [2.05, 4.69) is 0 Å². The molecule has 0 aliphatic carbocycles. The second kappa shape index (κ2) is 5.90. The first-order valence-electron chi connectivity index (χ1n) is 5.78. The maximum atomic E-state index is 13.6. The molecule has 0 aliphatic heterocycles. The molecule has 3 N–H and O–H groups in total. The third-order valence-electron chi connectivity index (χ3n) is 2.69. The largest absolute Gasteiger partial charge is 0.366 e. The van der Waals surface area contributed by atoms with Crippen LogP contribution in [0.1, 0.15) is 10.4 Å². The summed E-state index contributed by atoms with van der Waals surface area (Å²) >= 11 is 5.74. The van der Waals surface area contributed by atoms with Crippen LogP contribution in [0.3, 0.4) is 0 Å². The van der Waals surface area contributed by atoms with Crippen molar-refractivity contribution in [3.8, 4) is 0 Å². The Morgan fingerprint density at radius 2 is 1.86 bits per heavy atom. The zero-order chi connectivity index (χ0) is 16.5. The molecule has 0 spiro atoms. The van der Waals surface area contributed by atoms with Gasteiger partial charge in [0.2, 0.25) is 5.91 Å². The number of carbonyl (C=O) groups is 1. The molecular formula is C13H9ClF2N2O3S. The molecule has 0 aromatic heterocycles. The van der Waals surface area contributed by atoms with E-state index in [-0.39, 0.29) is 16.3 Å². The predicted molar refractivity (Wildman–Crippen MR) is 77.1 cm³/mol. The molecule has 2 aromatic carbocycles. The molecule has 0 fully saturated rings. The minimum absolute atomic E-state index is 0.0346. The van der Waals surface area contributed by atoms with Gasteiger partial charge >= 0.3 is 0 Å². The molecule has 0 aliphatic rings. The maximum Gasteiger partial charge on any atom is 0.264 e. The number of anilines is 1. The summed E-state index contributed by atoms with van der Waals surface area (Å²) in [5.41, 5.74) is 4.91. The number of primary amides is 1. The van der Waals surface area contributed by atoms with Crippen LogP contribution in [0, 0.1) is 11.6 Å². The first kappa shape index (κ1) is 16.2. The van der Waals surface area contributed by atoms with Crippen LogP contribution < -0.4 is 10.5 Å². The number of hydrogen-bond acceptors (Lipinski definition) is 3. The van der Waals surface area contributed by atoms with Gasteiger partial charge in [-0.05, 0) is 30.3 Å². The standard InChI is InChI=1S/C13H9ClF2N2O3S/c14-9-5-4-7(6-8(9)13(17)19)18-22(20,21)11-3-1-2-10(15)12(11)16/h1-6,18H,(H2,17,19). The molecule has 0 heterocycles. The number of carbonyl (C=O) groups excluding carboxylic acids is 1. The number of nitrogens with two attached hydrogens (primary N) is 1. The third kappa shape index (κ3) is 3.18. The van der Waals surface area contributed by atoms with Gasteiger partial charge in [-0.15, -0.1) is 0 Å². The Morgan fingerprint density at radius 3 is 2.50 bits per heavy atom. The lowest BCUT2D eigenvalue weighted by Gasteiger charge is -2.10. The molecule has 0 saturated heterocycles. The van der Waals surface area contributed by atoms with Crippen molar-refractivity contribution in [3.63, 3.8) is 0 Å². The molecule has 0 saturated carbocycles. The van der Waals surface area contributed by atoms with Crippen molar-refractivity contribution >= 4 is 33.2 Å². The van der Waals surface area contributed by atoms with E-state index in [4.69, 9.17) is 17.3 Å². The number of sulfonamides is 1. The second-order valence-corrected chi connectivity index (χ2v) is 6.27. The SMILES string of the molecule is NC(=O)c1cc(NS(=O)(=O)c2cccc(F)c2F)ccc1Cl. The van der Waals surface area contributed by atoms with Gasteiger partial charge in [-0.1, -0.05) is 17.7 Å². The van der Waals surface area contributed by atoms with Crippen molar-refractivity contribution in [1.82, 2.24) is 0 Å². The summed E-state index contributed by atoms with van der Waals surface area (Å²) in [6.07, 6.45) is 0. The van der Waals surface area contributed by atoms with E-state index in [9.17, 15) is 22.0 Å². The Labute approximate surface area is 129 Å². The van der Waals surface area contributed by atoms with E-state index in [0.29, 0.717) is 0 Å². The molecule has 2 rings (SSSR count). The lowest BCUT2D eigenvalue weighted by molar-refractivity contribution is 0.100. The van der Waals surface area contributed by atoms with Crippen molar-refractivity contribution in [2.24, 2.45) is 5.73 Å². The normalized spacial score (nSPS) is 11.2. The van der Waals surface area contributed by atoms with Gasteiger partial charge in [0.25, 0.3) is 10.0 Å². The van der Waals surface area contributed by atoms with E-state index in [1.807, 2.05) is 4.72 Å². The topological polar surface area (TPSA) is 89.3 Å². The molecule has 5 nitrogen and oxygen atoms in total. The van der Waals surface area contributed by atoms with Crippen molar-refractivity contribution in [2.75, 3.05) is 4.72 Å². The number of rotatable bonds is 4. The van der Waals surface area contributed by atoms with E-state index in [0.717, 1.165) is 24.3 Å². The molecule has 22 heavy (non-hydrogen) atoms. The molecule has 9 heteroatoms. The van der Waals surface area contributed by atoms with Gasteiger partial charge in [-0.2, -0.15) is 0 Å². The van der Waals surface area contributed by atoms with Crippen LogP contribution in [0.4, 0.5) is 14.5 Å². The number of halogens is 3.